The molecule has 9 heteroatoms. The van der Waals surface area contributed by atoms with Crippen molar-refractivity contribution in [1.29, 1.82) is 0 Å². The van der Waals surface area contributed by atoms with Crippen LogP contribution in [0.5, 0.6) is 11.5 Å². The molecular weight excluding hydrogens is 395 g/mol. The number of aromatic hydroxyl groups is 2. The van der Waals surface area contributed by atoms with E-state index in [1.807, 2.05) is 0 Å². The van der Waals surface area contributed by atoms with Gasteiger partial charge in [0.1, 0.15) is 11.4 Å². The van der Waals surface area contributed by atoms with Crippen LogP contribution in [0.25, 0.3) is 0 Å². The maximum absolute atomic E-state index is 12.2. The Morgan fingerprint density at radius 3 is 2.09 bits per heavy atom. The molecule has 0 saturated carbocycles. The van der Waals surface area contributed by atoms with Crippen LogP contribution in [0, 0.1) is 0 Å². The van der Waals surface area contributed by atoms with Gasteiger partial charge < -0.3 is 15.5 Å². The van der Waals surface area contributed by atoms with Crippen molar-refractivity contribution in [2.45, 2.75) is 0 Å². The minimum absolute atomic E-state index is 0.0353. The van der Waals surface area contributed by atoms with Crippen molar-refractivity contribution in [3.63, 3.8) is 0 Å². The number of halogens is 5. The van der Waals surface area contributed by atoms with E-state index in [9.17, 15) is 15.0 Å². The van der Waals surface area contributed by atoms with Gasteiger partial charge in [-0.1, -0.05) is 58.0 Å². The fourth-order valence-electron chi connectivity index (χ4n) is 1.62. The second-order valence-corrected chi connectivity index (χ2v) is 6.15. The van der Waals surface area contributed by atoms with Crippen molar-refractivity contribution >= 4 is 69.6 Å². The number of phenolic OH excluding ortho intramolecular Hbond substituents is 2. The smallest absolute Gasteiger partial charge is 0.259 e. The molecule has 0 saturated heterocycles. The van der Waals surface area contributed by atoms with Crippen LogP contribution in [0.1, 0.15) is 10.4 Å². The second-order valence-electron chi connectivity index (χ2n) is 4.12. The van der Waals surface area contributed by atoms with Crippen molar-refractivity contribution < 1.29 is 15.0 Å². The zero-order valence-electron chi connectivity index (χ0n) is 10.4. The summed E-state index contributed by atoms with van der Waals surface area (Å²) in [7, 11) is 0. The third kappa shape index (κ3) is 3.31. The Morgan fingerprint density at radius 2 is 1.45 bits per heavy atom. The molecule has 22 heavy (non-hydrogen) atoms. The van der Waals surface area contributed by atoms with Crippen LogP contribution in [0.15, 0.2) is 18.2 Å². The van der Waals surface area contributed by atoms with Crippen LogP contribution >= 0.6 is 58.0 Å². The molecule has 0 radical (unpaired) electrons. The lowest BCUT2D eigenvalue weighted by molar-refractivity contribution is 0.102. The monoisotopic (exact) mass is 399 g/mol. The Kier molecular flexibility index (Phi) is 5.20. The molecule has 2 aromatic rings. The van der Waals surface area contributed by atoms with Gasteiger partial charge >= 0.3 is 0 Å². The van der Waals surface area contributed by atoms with Gasteiger partial charge in [0.05, 0.1) is 25.7 Å². The molecular formula is C13H6Cl5NO3. The molecule has 0 bridgehead atoms. The first kappa shape index (κ1) is 17.3. The molecule has 2 aromatic carbocycles. The Balaban J connectivity index is 2.47. The summed E-state index contributed by atoms with van der Waals surface area (Å²) in [6.45, 7) is 0. The van der Waals surface area contributed by atoms with Gasteiger partial charge in [-0.05, 0) is 18.2 Å². The van der Waals surface area contributed by atoms with Gasteiger partial charge in [0, 0.05) is 5.02 Å². The molecule has 0 atom stereocenters. The highest BCUT2D eigenvalue weighted by Gasteiger charge is 2.21. The number of benzene rings is 2. The minimum atomic E-state index is -0.808. The first-order valence-corrected chi connectivity index (χ1v) is 7.47. The van der Waals surface area contributed by atoms with E-state index < -0.39 is 17.4 Å². The quantitative estimate of drug-likeness (QED) is 0.452. The average molecular weight is 401 g/mol. The Morgan fingerprint density at radius 1 is 0.864 bits per heavy atom. The first-order valence-electron chi connectivity index (χ1n) is 5.58. The molecule has 0 heterocycles. The fourth-order valence-corrected chi connectivity index (χ4v) is 2.77. The lowest BCUT2D eigenvalue weighted by Gasteiger charge is -2.13. The SMILES string of the molecule is O=C(Nc1c(O)c(Cl)cc(Cl)c1Cl)c1cc(Cl)cc(Cl)c1O. The van der Waals surface area contributed by atoms with Gasteiger partial charge in [-0.25, -0.2) is 0 Å². The fraction of sp³-hybridized carbons (Fsp3) is 0. The van der Waals surface area contributed by atoms with Gasteiger partial charge in [0.15, 0.2) is 5.75 Å². The Bertz CT molecular complexity index is 753. The van der Waals surface area contributed by atoms with E-state index in [0.29, 0.717) is 0 Å². The summed E-state index contributed by atoms with van der Waals surface area (Å²) in [4.78, 5) is 12.2. The first-order chi connectivity index (χ1) is 10.2. The molecule has 2 rings (SSSR count). The van der Waals surface area contributed by atoms with Crippen LogP contribution < -0.4 is 5.32 Å². The van der Waals surface area contributed by atoms with E-state index in [-0.39, 0.29) is 36.4 Å². The van der Waals surface area contributed by atoms with E-state index in [1.165, 1.54) is 18.2 Å². The van der Waals surface area contributed by atoms with Gasteiger partial charge in [-0.2, -0.15) is 0 Å². The summed E-state index contributed by atoms with van der Waals surface area (Å²) in [5.74, 6) is -1.73. The second kappa shape index (κ2) is 6.60. The molecule has 0 spiro atoms. The summed E-state index contributed by atoms with van der Waals surface area (Å²) in [6, 6.07) is 3.70. The number of hydrogen-bond donors (Lipinski definition) is 3. The van der Waals surface area contributed by atoms with Gasteiger partial charge in [0.25, 0.3) is 5.91 Å². The standard InChI is InChI=1S/C13H6Cl5NO3/c14-4-1-5(11(20)7(16)2-4)13(22)19-10-9(18)6(15)3-8(17)12(10)21/h1-3,20-21H,(H,19,22). The van der Waals surface area contributed by atoms with E-state index >= 15 is 0 Å². The molecule has 0 unspecified atom stereocenters. The number of hydrogen-bond acceptors (Lipinski definition) is 3. The zero-order valence-corrected chi connectivity index (χ0v) is 14.2. The number of carbonyl (C=O) groups is 1. The minimum Gasteiger partial charge on any atom is -0.506 e. The molecule has 0 aliphatic carbocycles. The normalized spacial score (nSPS) is 10.6. The molecule has 3 N–H and O–H groups in total. The number of carbonyl (C=O) groups excluding carboxylic acids is 1. The van der Waals surface area contributed by atoms with Crippen molar-refractivity contribution in [3.8, 4) is 11.5 Å². The van der Waals surface area contributed by atoms with Crippen LogP contribution in [0.3, 0.4) is 0 Å². The summed E-state index contributed by atoms with van der Waals surface area (Å²) in [6.07, 6.45) is 0. The van der Waals surface area contributed by atoms with Crippen molar-refractivity contribution in [1.82, 2.24) is 0 Å². The van der Waals surface area contributed by atoms with E-state index in [4.69, 9.17) is 58.0 Å². The highest BCUT2D eigenvalue weighted by atomic mass is 35.5. The van der Waals surface area contributed by atoms with Gasteiger partial charge in [-0.15, -0.1) is 0 Å². The molecule has 0 fully saturated rings. The lowest BCUT2D eigenvalue weighted by Crippen LogP contribution is -2.13. The summed E-state index contributed by atoms with van der Waals surface area (Å²) < 4.78 is 0. The lowest BCUT2D eigenvalue weighted by atomic mass is 10.1. The number of anilines is 1. The van der Waals surface area contributed by atoms with Crippen molar-refractivity contribution in [3.05, 3.63) is 48.9 Å². The molecule has 4 nitrogen and oxygen atoms in total. The third-order valence-electron chi connectivity index (χ3n) is 2.66. The largest absolute Gasteiger partial charge is 0.506 e. The maximum Gasteiger partial charge on any atom is 0.259 e. The molecule has 0 aromatic heterocycles. The number of amides is 1. The highest BCUT2D eigenvalue weighted by molar-refractivity contribution is 6.46. The highest BCUT2D eigenvalue weighted by Crippen LogP contribution is 2.43. The summed E-state index contributed by atoms with van der Waals surface area (Å²) in [5.41, 5.74) is -0.399. The van der Waals surface area contributed by atoms with Gasteiger partial charge in [0.2, 0.25) is 0 Å². The van der Waals surface area contributed by atoms with Crippen molar-refractivity contribution in [2.24, 2.45) is 0 Å². The predicted molar refractivity (Wildman–Crippen MR) is 89.2 cm³/mol. The van der Waals surface area contributed by atoms with E-state index in [0.717, 1.165) is 0 Å². The molecule has 116 valence electrons. The molecule has 0 aliphatic rings. The number of nitrogens with one attached hydrogen (secondary N) is 1. The van der Waals surface area contributed by atoms with Crippen LogP contribution in [-0.2, 0) is 0 Å². The Labute approximate surface area is 150 Å². The topological polar surface area (TPSA) is 69.6 Å². The summed E-state index contributed by atoms with van der Waals surface area (Å²) >= 11 is 29.1. The third-order valence-corrected chi connectivity index (χ3v) is 4.24. The maximum atomic E-state index is 12.2. The van der Waals surface area contributed by atoms with E-state index in [1.54, 1.807) is 0 Å². The average Bonchev–Trinajstić information content (AvgIpc) is 2.45. The number of rotatable bonds is 2. The zero-order chi connectivity index (χ0) is 16.6. The van der Waals surface area contributed by atoms with Crippen LogP contribution in [0.2, 0.25) is 25.1 Å². The van der Waals surface area contributed by atoms with Crippen molar-refractivity contribution in [2.75, 3.05) is 5.32 Å². The van der Waals surface area contributed by atoms with E-state index in [2.05, 4.69) is 5.32 Å². The van der Waals surface area contributed by atoms with Crippen LogP contribution in [-0.4, -0.2) is 16.1 Å². The number of phenols is 2. The van der Waals surface area contributed by atoms with Crippen LogP contribution in [0.4, 0.5) is 5.69 Å². The summed E-state index contributed by atoms with van der Waals surface area (Å²) in [5, 5.41) is 21.9. The predicted octanol–water partition coefficient (Wildman–Crippen LogP) is 5.62. The van der Waals surface area contributed by atoms with Gasteiger partial charge in [-0.3, -0.25) is 4.79 Å². The molecule has 0 aliphatic heterocycles. The molecule has 1 amide bonds. The Hall–Kier alpha value is -1.04.